The third-order valence-electron chi connectivity index (χ3n) is 4.77. The molecule has 0 aliphatic carbocycles. The van der Waals surface area contributed by atoms with E-state index in [1.54, 1.807) is 12.1 Å². The van der Waals surface area contributed by atoms with E-state index in [4.69, 9.17) is 9.84 Å². The Morgan fingerprint density at radius 3 is 1.96 bits per heavy atom. The van der Waals surface area contributed by atoms with Crippen LogP contribution in [0.5, 0.6) is 0 Å². The summed E-state index contributed by atoms with van der Waals surface area (Å²) >= 11 is 0. The molecule has 0 atom stereocenters. The minimum absolute atomic E-state index is 0.0137. The second-order valence-corrected chi connectivity index (χ2v) is 7.22. The van der Waals surface area contributed by atoms with Crippen molar-refractivity contribution >= 4 is 11.9 Å². The zero-order valence-corrected chi connectivity index (χ0v) is 17.3. The number of rotatable bonds is 16. The molecule has 4 nitrogen and oxygen atoms in total. The molecule has 0 aliphatic heterocycles. The number of aromatic carboxylic acids is 1. The number of hydrogen-bond acceptors (Lipinski definition) is 3. The fraction of sp³-hybridized carbons (Fsp3) is 0.583. The van der Waals surface area contributed by atoms with E-state index in [1.165, 1.54) is 57.1 Å². The minimum Gasteiger partial charge on any atom is -0.478 e. The molecular formula is C24H36O4. The molecule has 0 bridgehead atoms. The van der Waals surface area contributed by atoms with E-state index in [2.05, 4.69) is 19.1 Å². The average molecular weight is 389 g/mol. The van der Waals surface area contributed by atoms with Crippen LogP contribution in [0.3, 0.4) is 0 Å². The quantitative estimate of drug-likeness (QED) is 0.192. The summed E-state index contributed by atoms with van der Waals surface area (Å²) in [6.07, 6.45) is 19.1. The van der Waals surface area contributed by atoms with Gasteiger partial charge in [-0.1, -0.05) is 76.2 Å². The second-order valence-electron chi connectivity index (χ2n) is 7.22. The smallest absolute Gasteiger partial charge is 0.339 e. The number of hydrogen-bond donors (Lipinski definition) is 1. The first-order valence-electron chi connectivity index (χ1n) is 10.8. The highest BCUT2D eigenvalue weighted by molar-refractivity contribution is 6.02. The maximum absolute atomic E-state index is 12.0. The lowest BCUT2D eigenvalue weighted by atomic mass is 10.1. The summed E-state index contributed by atoms with van der Waals surface area (Å²) in [7, 11) is 0. The highest BCUT2D eigenvalue weighted by Gasteiger charge is 2.16. The van der Waals surface area contributed by atoms with Gasteiger partial charge in [0.2, 0.25) is 0 Å². The van der Waals surface area contributed by atoms with E-state index in [0.29, 0.717) is 6.61 Å². The van der Waals surface area contributed by atoms with Crippen LogP contribution in [0.15, 0.2) is 36.4 Å². The topological polar surface area (TPSA) is 63.6 Å². The Balaban J connectivity index is 2.00. The van der Waals surface area contributed by atoms with Gasteiger partial charge in [0, 0.05) is 0 Å². The minimum atomic E-state index is -1.11. The summed E-state index contributed by atoms with van der Waals surface area (Å²) in [5.74, 6) is -1.67. The van der Waals surface area contributed by atoms with Gasteiger partial charge in [0.05, 0.1) is 17.7 Å². The highest BCUT2D eigenvalue weighted by Crippen LogP contribution is 2.12. The molecule has 4 heteroatoms. The van der Waals surface area contributed by atoms with Crippen molar-refractivity contribution in [2.75, 3.05) is 6.61 Å². The van der Waals surface area contributed by atoms with Crippen molar-refractivity contribution in [1.82, 2.24) is 0 Å². The molecule has 0 radical (unpaired) electrons. The van der Waals surface area contributed by atoms with Gasteiger partial charge in [-0.3, -0.25) is 0 Å². The molecule has 0 aromatic heterocycles. The molecule has 0 aliphatic rings. The molecule has 0 saturated carbocycles. The molecule has 0 spiro atoms. The maximum Gasteiger partial charge on any atom is 0.339 e. The molecule has 1 N–H and O–H groups in total. The predicted molar refractivity (Wildman–Crippen MR) is 114 cm³/mol. The number of carboxylic acids is 1. The molecule has 0 saturated heterocycles. The van der Waals surface area contributed by atoms with Gasteiger partial charge in [0.1, 0.15) is 0 Å². The van der Waals surface area contributed by atoms with Crippen LogP contribution in [0.1, 0.15) is 105 Å². The molecule has 1 rings (SSSR count). The summed E-state index contributed by atoms with van der Waals surface area (Å²) in [5.41, 5.74) is 0.103. The van der Waals surface area contributed by atoms with E-state index in [9.17, 15) is 9.59 Å². The average Bonchev–Trinajstić information content (AvgIpc) is 2.70. The normalized spacial score (nSPS) is 11.0. The third kappa shape index (κ3) is 10.9. The Labute approximate surface area is 170 Å². The molecule has 28 heavy (non-hydrogen) atoms. The second kappa shape index (κ2) is 15.9. The first-order valence-corrected chi connectivity index (χ1v) is 10.8. The number of carbonyl (C=O) groups is 2. The standard InChI is InChI=1S/C24H36O4/c1-2-3-4-5-6-7-8-9-10-11-12-13-14-17-20-28-24(27)22-19-16-15-18-21(22)23(25)26/h9-10,15-16,18-19H,2-8,11-14,17,20H2,1H3,(H,25,26)/b10-9+. The Hall–Kier alpha value is -2.10. The van der Waals surface area contributed by atoms with Crippen molar-refractivity contribution in [3.8, 4) is 0 Å². The highest BCUT2D eigenvalue weighted by atomic mass is 16.5. The molecule has 1 aromatic rings. The van der Waals surface area contributed by atoms with Crippen molar-refractivity contribution in [3.63, 3.8) is 0 Å². The summed E-state index contributed by atoms with van der Waals surface area (Å²) < 4.78 is 5.21. The van der Waals surface area contributed by atoms with Crippen LogP contribution in [-0.4, -0.2) is 23.7 Å². The van der Waals surface area contributed by atoms with E-state index in [0.717, 1.165) is 32.1 Å². The summed E-state index contributed by atoms with van der Waals surface area (Å²) in [6, 6.07) is 6.15. The zero-order chi connectivity index (χ0) is 20.5. The number of benzene rings is 1. The number of carbonyl (C=O) groups excluding carboxylic acids is 1. The van der Waals surface area contributed by atoms with Crippen LogP contribution >= 0.6 is 0 Å². The van der Waals surface area contributed by atoms with Crippen molar-refractivity contribution in [3.05, 3.63) is 47.5 Å². The van der Waals surface area contributed by atoms with Crippen LogP contribution in [0.2, 0.25) is 0 Å². The van der Waals surface area contributed by atoms with E-state index >= 15 is 0 Å². The molecule has 1 aromatic carbocycles. The van der Waals surface area contributed by atoms with Gasteiger partial charge in [-0.25, -0.2) is 9.59 Å². The number of unbranched alkanes of at least 4 members (excludes halogenated alkanes) is 10. The molecule has 0 heterocycles. The SMILES string of the molecule is CCCCCCCC/C=C/CCCCCCOC(=O)c1ccccc1C(=O)O. The third-order valence-corrected chi connectivity index (χ3v) is 4.77. The van der Waals surface area contributed by atoms with Gasteiger partial charge in [0.25, 0.3) is 0 Å². The van der Waals surface area contributed by atoms with Gasteiger partial charge in [-0.05, 0) is 44.2 Å². The van der Waals surface area contributed by atoms with Crippen LogP contribution in [0, 0.1) is 0 Å². The Morgan fingerprint density at radius 2 is 1.36 bits per heavy atom. The Bertz CT molecular complexity index is 592. The van der Waals surface area contributed by atoms with Gasteiger partial charge in [-0.15, -0.1) is 0 Å². The van der Waals surface area contributed by atoms with Crippen LogP contribution in [0.4, 0.5) is 0 Å². The van der Waals surface area contributed by atoms with Crippen molar-refractivity contribution in [1.29, 1.82) is 0 Å². The van der Waals surface area contributed by atoms with E-state index in [-0.39, 0.29) is 11.1 Å². The largest absolute Gasteiger partial charge is 0.478 e. The zero-order valence-electron chi connectivity index (χ0n) is 17.3. The maximum atomic E-state index is 12.0. The van der Waals surface area contributed by atoms with Crippen LogP contribution in [0.25, 0.3) is 0 Å². The number of allylic oxidation sites excluding steroid dienone is 2. The van der Waals surface area contributed by atoms with E-state index in [1.807, 2.05) is 0 Å². The number of esters is 1. The number of ether oxygens (including phenoxy) is 1. The molecule has 0 unspecified atom stereocenters. The monoisotopic (exact) mass is 388 g/mol. The Morgan fingerprint density at radius 1 is 0.821 bits per heavy atom. The van der Waals surface area contributed by atoms with E-state index < -0.39 is 11.9 Å². The Kier molecular flexibility index (Phi) is 13.6. The van der Waals surface area contributed by atoms with Crippen molar-refractivity contribution in [2.45, 2.75) is 84.0 Å². The fourth-order valence-corrected chi connectivity index (χ4v) is 3.09. The van der Waals surface area contributed by atoms with Crippen LogP contribution < -0.4 is 0 Å². The van der Waals surface area contributed by atoms with Crippen LogP contribution in [-0.2, 0) is 4.74 Å². The molecule has 0 fully saturated rings. The van der Waals surface area contributed by atoms with Crippen molar-refractivity contribution in [2.24, 2.45) is 0 Å². The van der Waals surface area contributed by atoms with Gasteiger partial charge in [-0.2, -0.15) is 0 Å². The summed E-state index contributed by atoms with van der Waals surface area (Å²) in [6.45, 7) is 2.58. The van der Waals surface area contributed by atoms with Crippen molar-refractivity contribution < 1.29 is 19.4 Å². The predicted octanol–water partition coefficient (Wildman–Crippen LogP) is 6.80. The first-order chi connectivity index (χ1) is 13.7. The lowest BCUT2D eigenvalue weighted by Crippen LogP contribution is -2.12. The van der Waals surface area contributed by atoms with Gasteiger partial charge in [0.15, 0.2) is 0 Å². The molecule has 156 valence electrons. The summed E-state index contributed by atoms with van der Waals surface area (Å²) in [4.78, 5) is 23.1. The lowest BCUT2D eigenvalue weighted by Gasteiger charge is -2.07. The first kappa shape index (κ1) is 23.9. The number of carboxylic acid groups (broad SMARTS) is 1. The molecular weight excluding hydrogens is 352 g/mol. The van der Waals surface area contributed by atoms with Gasteiger partial charge >= 0.3 is 11.9 Å². The lowest BCUT2D eigenvalue weighted by molar-refractivity contribution is 0.0487. The summed E-state index contributed by atoms with van der Waals surface area (Å²) in [5, 5.41) is 9.11. The molecule has 0 amide bonds. The fourth-order valence-electron chi connectivity index (χ4n) is 3.09. The van der Waals surface area contributed by atoms with Gasteiger partial charge < -0.3 is 9.84 Å².